The third-order valence-electron chi connectivity index (χ3n) is 4.89. The molecule has 0 spiro atoms. The molecule has 0 saturated carbocycles. The second-order valence-electron chi connectivity index (χ2n) is 6.58. The number of carbonyl (C=O) groups excluding carboxylic acids is 2. The summed E-state index contributed by atoms with van der Waals surface area (Å²) in [5.41, 5.74) is 2.30. The first-order valence-corrected chi connectivity index (χ1v) is 9.24. The van der Waals surface area contributed by atoms with Crippen molar-refractivity contribution in [3.05, 3.63) is 88.1 Å². The van der Waals surface area contributed by atoms with Crippen molar-refractivity contribution in [3.63, 3.8) is 0 Å². The number of benzene rings is 2. The molecule has 6 nitrogen and oxygen atoms in total. The fraction of sp³-hybridized carbons (Fsp3) is 0.217. The molecule has 6 heteroatoms. The SMILES string of the molecule is CNC1=CC(=O)c2c(cc(C/C=C/CO)c(C(O)c3ccccc3)c2OC)C1=O. The molecule has 150 valence electrons. The highest BCUT2D eigenvalue weighted by Crippen LogP contribution is 2.40. The average Bonchev–Trinajstić information content (AvgIpc) is 2.75. The zero-order valence-electron chi connectivity index (χ0n) is 16.3. The summed E-state index contributed by atoms with van der Waals surface area (Å²) >= 11 is 0. The molecule has 3 N–H and O–H groups in total. The molecule has 0 amide bonds. The van der Waals surface area contributed by atoms with Crippen LogP contribution in [0, 0.1) is 0 Å². The van der Waals surface area contributed by atoms with Gasteiger partial charge in [0.15, 0.2) is 5.78 Å². The van der Waals surface area contributed by atoms with E-state index in [1.165, 1.54) is 13.2 Å². The fourth-order valence-corrected chi connectivity index (χ4v) is 3.52. The van der Waals surface area contributed by atoms with Crippen molar-refractivity contribution in [2.45, 2.75) is 12.5 Å². The van der Waals surface area contributed by atoms with Gasteiger partial charge in [0.2, 0.25) is 5.78 Å². The van der Waals surface area contributed by atoms with Gasteiger partial charge >= 0.3 is 0 Å². The second-order valence-corrected chi connectivity index (χ2v) is 6.58. The maximum atomic E-state index is 12.8. The third kappa shape index (κ3) is 3.85. The van der Waals surface area contributed by atoms with Gasteiger partial charge in [0.05, 0.1) is 25.0 Å². The maximum Gasteiger partial charge on any atom is 0.209 e. The molecule has 29 heavy (non-hydrogen) atoms. The average molecular weight is 393 g/mol. The highest BCUT2D eigenvalue weighted by Gasteiger charge is 2.33. The largest absolute Gasteiger partial charge is 0.496 e. The van der Waals surface area contributed by atoms with Crippen molar-refractivity contribution in [3.8, 4) is 5.75 Å². The number of methoxy groups -OCH3 is 1. The quantitative estimate of drug-likeness (QED) is 0.625. The van der Waals surface area contributed by atoms with Gasteiger partial charge < -0.3 is 20.3 Å². The number of hydrogen-bond donors (Lipinski definition) is 3. The Hall–Kier alpha value is -3.22. The van der Waals surface area contributed by atoms with Crippen molar-refractivity contribution in [2.75, 3.05) is 20.8 Å². The molecule has 1 aliphatic carbocycles. The van der Waals surface area contributed by atoms with Gasteiger partial charge in [0.1, 0.15) is 11.9 Å². The molecule has 0 aliphatic heterocycles. The first-order chi connectivity index (χ1) is 14.0. The predicted molar refractivity (Wildman–Crippen MR) is 109 cm³/mol. The third-order valence-corrected chi connectivity index (χ3v) is 4.89. The van der Waals surface area contributed by atoms with Gasteiger partial charge in [-0.25, -0.2) is 0 Å². The Bertz CT molecular complexity index is 992. The number of fused-ring (bicyclic) bond motifs is 1. The van der Waals surface area contributed by atoms with E-state index in [-0.39, 0.29) is 40.7 Å². The predicted octanol–water partition coefficient (Wildman–Crippen LogP) is 2.35. The van der Waals surface area contributed by atoms with Crippen LogP contribution in [0.3, 0.4) is 0 Å². The number of ketones is 2. The van der Waals surface area contributed by atoms with Gasteiger partial charge in [-0.05, 0) is 23.6 Å². The Morgan fingerprint density at radius 2 is 1.90 bits per heavy atom. The number of hydrogen-bond acceptors (Lipinski definition) is 6. The van der Waals surface area contributed by atoms with E-state index in [2.05, 4.69) is 5.32 Å². The summed E-state index contributed by atoms with van der Waals surface area (Å²) in [4.78, 5) is 25.6. The van der Waals surface area contributed by atoms with Crippen LogP contribution in [0.25, 0.3) is 0 Å². The summed E-state index contributed by atoms with van der Waals surface area (Å²) in [5, 5.41) is 22.9. The molecule has 0 radical (unpaired) electrons. The molecule has 1 aliphatic rings. The van der Waals surface area contributed by atoms with Crippen LogP contribution in [0.15, 0.2) is 60.3 Å². The molecule has 2 aromatic carbocycles. The molecule has 1 unspecified atom stereocenters. The van der Waals surface area contributed by atoms with Crippen molar-refractivity contribution in [1.29, 1.82) is 0 Å². The monoisotopic (exact) mass is 393 g/mol. The molecule has 3 rings (SSSR count). The van der Waals surface area contributed by atoms with E-state index >= 15 is 0 Å². The summed E-state index contributed by atoms with van der Waals surface area (Å²) < 4.78 is 5.56. The van der Waals surface area contributed by atoms with Crippen LogP contribution in [0.4, 0.5) is 0 Å². The highest BCUT2D eigenvalue weighted by molar-refractivity contribution is 6.25. The molecule has 1 atom stereocenters. The zero-order chi connectivity index (χ0) is 21.0. The number of aliphatic hydroxyl groups excluding tert-OH is 2. The number of likely N-dealkylation sites (N-methyl/N-ethyl adjacent to an activating group) is 1. The van der Waals surface area contributed by atoms with Crippen molar-refractivity contribution in [2.24, 2.45) is 0 Å². The Kier molecular flexibility index (Phi) is 6.26. The molecule has 0 saturated heterocycles. The number of carbonyl (C=O) groups is 2. The van der Waals surface area contributed by atoms with Gasteiger partial charge in [0, 0.05) is 24.3 Å². The first kappa shape index (κ1) is 20.5. The zero-order valence-corrected chi connectivity index (χ0v) is 16.3. The van der Waals surface area contributed by atoms with E-state index in [0.29, 0.717) is 23.1 Å². The van der Waals surface area contributed by atoms with Gasteiger partial charge in [-0.15, -0.1) is 0 Å². The normalized spacial score (nSPS) is 14.6. The Labute approximate surface area is 169 Å². The summed E-state index contributed by atoms with van der Waals surface area (Å²) in [6.45, 7) is -0.122. The molecule has 0 bridgehead atoms. The molecule has 0 heterocycles. The Morgan fingerprint density at radius 1 is 1.17 bits per heavy atom. The van der Waals surface area contributed by atoms with E-state index in [1.54, 1.807) is 37.4 Å². The minimum atomic E-state index is -1.05. The number of Topliss-reactive ketones (excluding diaryl/α,β-unsaturated/α-hetero) is 1. The number of rotatable bonds is 7. The molecular formula is C23H23NO5. The summed E-state index contributed by atoms with van der Waals surface area (Å²) in [6, 6.07) is 10.7. The lowest BCUT2D eigenvalue weighted by Crippen LogP contribution is -2.26. The van der Waals surface area contributed by atoms with Crippen LogP contribution < -0.4 is 10.1 Å². The minimum Gasteiger partial charge on any atom is -0.496 e. The number of nitrogens with one attached hydrogen (secondary N) is 1. The Morgan fingerprint density at radius 3 is 2.52 bits per heavy atom. The minimum absolute atomic E-state index is 0.122. The van der Waals surface area contributed by atoms with Crippen LogP contribution in [0.1, 0.15) is 43.5 Å². The molecule has 0 fully saturated rings. The van der Waals surface area contributed by atoms with E-state index in [9.17, 15) is 14.7 Å². The first-order valence-electron chi connectivity index (χ1n) is 9.24. The van der Waals surface area contributed by atoms with Gasteiger partial charge in [-0.2, -0.15) is 0 Å². The van der Waals surface area contributed by atoms with Crippen molar-refractivity contribution >= 4 is 11.6 Å². The van der Waals surface area contributed by atoms with Gasteiger partial charge in [-0.1, -0.05) is 42.5 Å². The summed E-state index contributed by atoms with van der Waals surface area (Å²) in [5.74, 6) is -0.482. The van der Waals surface area contributed by atoms with Crippen LogP contribution in [0.5, 0.6) is 5.75 Å². The van der Waals surface area contributed by atoms with Crippen LogP contribution in [0.2, 0.25) is 0 Å². The van der Waals surface area contributed by atoms with Crippen LogP contribution >= 0.6 is 0 Å². The van der Waals surface area contributed by atoms with Crippen molar-refractivity contribution in [1.82, 2.24) is 5.32 Å². The van der Waals surface area contributed by atoms with E-state index in [1.807, 2.05) is 18.2 Å². The molecule has 0 aromatic heterocycles. The standard InChI is InChI=1S/C23H23NO5/c1-24-17-13-18(26)20-16(22(17)28)12-15(10-6-7-11-25)19(23(20)29-2)21(27)14-8-4-3-5-9-14/h3-9,12-13,21,24-25,27H,10-11H2,1-2H3/b7-6+. The lowest BCUT2D eigenvalue weighted by Gasteiger charge is -2.25. The number of allylic oxidation sites excluding steroid dienone is 3. The van der Waals surface area contributed by atoms with Gasteiger partial charge in [0.25, 0.3) is 0 Å². The van der Waals surface area contributed by atoms with E-state index in [0.717, 1.165) is 0 Å². The van der Waals surface area contributed by atoms with E-state index in [4.69, 9.17) is 9.84 Å². The van der Waals surface area contributed by atoms with Crippen molar-refractivity contribution < 1.29 is 24.5 Å². The van der Waals surface area contributed by atoms with Crippen LogP contribution in [-0.2, 0) is 6.42 Å². The highest BCUT2D eigenvalue weighted by atomic mass is 16.5. The maximum absolute atomic E-state index is 12.8. The fourth-order valence-electron chi connectivity index (χ4n) is 3.52. The molecular weight excluding hydrogens is 370 g/mol. The lowest BCUT2D eigenvalue weighted by atomic mass is 9.84. The summed E-state index contributed by atoms with van der Waals surface area (Å²) in [7, 11) is 3.00. The number of aliphatic hydroxyl groups is 2. The topological polar surface area (TPSA) is 95.9 Å². The van der Waals surface area contributed by atoms with E-state index < -0.39 is 6.10 Å². The summed E-state index contributed by atoms with van der Waals surface area (Å²) in [6.07, 6.45) is 3.87. The smallest absolute Gasteiger partial charge is 0.209 e. The lowest BCUT2D eigenvalue weighted by molar-refractivity contribution is 0.0976. The van der Waals surface area contributed by atoms with Crippen LogP contribution in [-0.4, -0.2) is 42.5 Å². The van der Waals surface area contributed by atoms with Gasteiger partial charge in [-0.3, -0.25) is 9.59 Å². The molecule has 2 aromatic rings. The second kappa shape index (κ2) is 8.86. The Balaban J connectivity index is 2.27. The number of ether oxygens (including phenoxy) is 1.